The van der Waals surface area contributed by atoms with E-state index in [1.165, 1.54) is 96.3 Å². The zero-order valence-electron chi connectivity index (χ0n) is 26.3. The first-order valence-electron chi connectivity index (χ1n) is 16.6. The molecule has 236 valence electrons. The second-order valence-corrected chi connectivity index (χ2v) is 11.3. The molecule has 0 saturated heterocycles. The largest absolute Gasteiger partial charge is 0.381 e. The molecule has 2 aromatic heterocycles. The topological polar surface area (TPSA) is 117 Å². The number of nitrogens with zero attached hydrogens (tertiary/aromatic N) is 3. The zero-order valence-corrected chi connectivity index (χ0v) is 26.3. The maximum Gasteiger partial charge on any atom is 0.280 e. The van der Waals surface area contributed by atoms with Crippen molar-refractivity contribution in [2.45, 2.75) is 143 Å². The number of unbranched alkanes of at least 4 members (excludes halogenated alkanes) is 15. The quantitative estimate of drug-likeness (QED) is 0.0840. The van der Waals surface area contributed by atoms with Crippen LogP contribution in [0.5, 0.6) is 0 Å². The molecule has 0 aliphatic carbocycles. The highest BCUT2D eigenvalue weighted by molar-refractivity contribution is 5.70. The highest BCUT2D eigenvalue weighted by atomic mass is 16.7. The molecule has 41 heavy (non-hydrogen) atoms. The molecule has 9 nitrogen and oxygen atoms in total. The molecule has 0 aliphatic rings. The van der Waals surface area contributed by atoms with Crippen molar-refractivity contribution < 1.29 is 14.2 Å². The summed E-state index contributed by atoms with van der Waals surface area (Å²) >= 11 is 0. The van der Waals surface area contributed by atoms with Crippen molar-refractivity contribution in [3.63, 3.8) is 0 Å². The van der Waals surface area contributed by atoms with Crippen LogP contribution in [0.4, 0.5) is 5.95 Å². The number of fused-ring (bicyclic) bond motifs is 1. The van der Waals surface area contributed by atoms with Crippen molar-refractivity contribution in [1.82, 2.24) is 19.5 Å². The molecule has 2 heterocycles. The van der Waals surface area contributed by atoms with Gasteiger partial charge in [0.25, 0.3) is 5.56 Å². The number of nitrogens with one attached hydrogen (secondary N) is 1. The molecule has 9 heteroatoms. The van der Waals surface area contributed by atoms with E-state index >= 15 is 0 Å². The van der Waals surface area contributed by atoms with Crippen LogP contribution in [-0.2, 0) is 20.8 Å². The van der Waals surface area contributed by atoms with Gasteiger partial charge in [-0.05, 0) is 20.3 Å². The predicted molar refractivity (Wildman–Crippen MR) is 168 cm³/mol. The summed E-state index contributed by atoms with van der Waals surface area (Å²) in [5, 5.41) is 0. The van der Waals surface area contributed by atoms with Crippen LogP contribution in [0.3, 0.4) is 0 Å². The van der Waals surface area contributed by atoms with E-state index in [0.29, 0.717) is 44.0 Å². The van der Waals surface area contributed by atoms with Gasteiger partial charge >= 0.3 is 0 Å². The van der Waals surface area contributed by atoms with Crippen LogP contribution < -0.4 is 11.3 Å². The summed E-state index contributed by atoms with van der Waals surface area (Å²) in [6, 6.07) is 0. The van der Waals surface area contributed by atoms with Gasteiger partial charge in [0.15, 0.2) is 17.5 Å². The number of hydrogen-bond donors (Lipinski definition) is 2. The summed E-state index contributed by atoms with van der Waals surface area (Å²) < 4.78 is 19.6. The molecule has 2 aromatic rings. The molecule has 3 N–H and O–H groups in total. The lowest BCUT2D eigenvalue weighted by Crippen LogP contribution is -2.27. The van der Waals surface area contributed by atoms with Crippen molar-refractivity contribution in [2.24, 2.45) is 5.92 Å². The number of H-pyrrole nitrogens is 1. The molecule has 0 amide bonds. The lowest BCUT2D eigenvalue weighted by atomic mass is 10.0. The Hall–Kier alpha value is -1.97. The van der Waals surface area contributed by atoms with E-state index in [-0.39, 0.29) is 23.7 Å². The van der Waals surface area contributed by atoms with Crippen molar-refractivity contribution >= 4 is 17.1 Å². The monoisotopic (exact) mass is 577 g/mol. The molecule has 0 aliphatic heterocycles. The van der Waals surface area contributed by atoms with Gasteiger partial charge in [0.1, 0.15) is 0 Å². The van der Waals surface area contributed by atoms with Gasteiger partial charge in [-0.25, -0.2) is 4.98 Å². The molecule has 0 radical (unpaired) electrons. The Kier molecular flexibility index (Phi) is 19.4. The second-order valence-electron chi connectivity index (χ2n) is 11.3. The van der Waals surface area contributed by atoms with Gasteiger partial charge in [-0.2, -0.15) is 4.98 Å². The highest BCUT2D eigenvalue weighted by Gasteiger charge is 2.20. The second kappa shape index (κ2) is 22.6. The van der Waals surface area contributed by atoms with Crippen molar-refractivity contribution in [3.05, 3.63) is 16.7 Å². The molecule has 1 atom stereocenters. The smallest absolute Gasteiger partial charge is 0.280 e. The fraction of sp³-hybridized carbons (Fsp3) is 0.844. The third-order valence-electron chi connectivity index (χ3n) is 7.67. The Morgan fingerprint density at radius 1 is 0.829 bits per heavy atom. The Morgan fingerprint density at radius 2 is 1.37 bits per heavy atom. The number of nitrogen functional groups attached to an aromatic ring is 1. The predicted octanol–water partition coefficient (Wildman–Crippen LogP) is 7.39. The number of rotatable bonds is 27. The first-order chi connectivity index (χ1) is 20.1. The average Bonchev–Trinajstić information content (AvgIpc) is 3.35. The van der Waals surface area contributed by atoms with Gasteiger partial charge in [-0.15, -0.1) is 0 Å². The Balaban J connectivity index is 1.62. The number of nitrogens with two attached hydrogens (primary N) is 1. The van der Waals surface area contributed by atoms with Gasteiger partial charge in [-0.1, -0.05) is 103 Å². The van der Waals surface area contributed by atoms with E-state index in [1.807, 2.05) is 18.4 Å². The summed E-state index contributed by atoms with van der Waals surface area (Å²) in [4.78, 5) is 23.2. The normalized spacial score (nSPS) is 12.6. The highest BCUT2D eigenvalue weighted by Crippen LogP contribution is 2.18. The van der Waals surface area contributed by atoms with Crippen LogP contribution in [0.15, 0.2) is 11.1 Å². The van der Waals surface area contributed by atoms with Crippen LogP contribution >= 0.6 is 0 Å². The number of hydrogen-bond acceptors (Lipinski definition) is 7. The van der Waals surface area contributed by atoms with Gasteiger partial charge < -0.3 is 24.5 Å². The minimum atomic E-state index is -0.330. The Morgan fingerprint density at radius 3 is 1.90 bits per heavy atom. The van der Waals surface area contributed by atoms with E-state index in [4.69, 9.17) is 19.9 Å². The third kappa shape index (κ3) is 15.2. The lowest BCUT2D eigenvalue weighted by Gasteiger charge is -2.24. The van der Waals surface area contributed by atoms with E-state index < -0.39 is 0 Å². The van der Waals surface area contributed by atoms with E-state index in [2.05, 4.69) is 21.9 Å². The summed E-state index contributed by atoms with van der Waals surface area (Å²) in [6.07, 6.45) is 23.8. The first kappa shape index (κ1) is 35.2. The number of ether oxygens (including phenoxy) is 3. The van der Waals surface area contributed by atoms with Gasteiger partial charge in [-0.3, -0.25) is 9.78 Å². The third-order valence-corrected chi connectivity index (χ3v) is 7.67. The molecule has 0 aromatic carbocycles. The fourth-order valence-corrected chi connectivity index (χ4v) is 5.41. The molecule has 0 fully saturated rings. The molecule has 0 saturated carbocycles. The Labute approximate surface area is 248 Å². The van der Waals surface area contributed by atoms with Crippen LogP contribution in [0.2, 0.25) is 0 Å². The molecular formula is C32H59N5O4. The summed E-state index contributed by atoms with van der Waals surface area (Å²) in [5.74, 6) is 0.195. The van der Waals surface area contributed by atoms with Crippen LogP contribution in [0, 0.1) is 5.92 Å². The molecule has 0 unspecified atom stereocenters. The average molecular weight is 578 g/mol. The maximum atomic E-state index is 12.2. The summed E-state index contributed by atoms with van der Waals surface area (Å²) in [6.45, 7) is 9.30. The minimum absolute atomic E-state index is 0.0852. The van der Waals surface area contributed by atoms with E-state index in [9.17, 15) is 4.79 Å². The molecule has 2 rings (SSSR count). The fourth-order valence-electron chi connectivity index (χ4n) is 5.41. The van der Waals surface area contributed by atoms with Crippen molar-refractivity contribution in [2.75, 3.05) is 32.2 Å². The lowest BCUT2D eigenvalue weighted by molar-refractivity contribution is -0.150. The van der Waals surface area contributed by atoms with Crippen LogP contribution in [-0.4, -0.2) is 52.2 Å². The molecule has 0 bridgehead atoms. The van der Waals surface area contributed by atoms with Crippen molar-refractivity contribution in [3.8, 4) is 0 Å². The van der Waals surface area contributed by atoms with Crippen molar-refractivity contribution in [1.29, 1.82) is 0 Å². The number of anilines is 1. The number of imidazole rings is 1. The maximum absolute atomic E-state index is 12.2. The van der Waals surface area contributed by atoms with Gasteiger partial charge in [0.05, 0.1) is 12.9 Å². The molecular weight excluding hydrogens is 518 g/mol. The SMILES string of the molecule is CCCCCCCCCCCCCCCCCCOC[C@H](CC(OCC)OCC)Cn1cnc2c(=O)[nH]c(N)nc21. The molecule has 0 spiro atoms. The van der Waals surface area contributed by atoms with Gasteiger partial charge in [0, 0.05) is 38.7 Å². The number of aromatic amines is 1. The number of aromatic nitrogens is 4. The minimum Gasteiger partial charge on any atom is -0.381 e. The standard InChI is InChI=1S/C32H59N5O4/c1-4-7-8-9-10-11-12-13-14-15-16-17-18-19-20-21-22-39-25-27(23-28(40-5-2)41-6-3)24-37-26-34-29-30(37)35-32(33)36-31(29)38/h26-28H,4-25H2,1-3H3,(H3,33,35,36,38)/t27-/m1/s1. The van der Waals surface area contributed by atoms with Crippen LogP contribution in [0.1, 0.15) is 130 Å². The van der Waals surface area contributed by atoms with Crippen LogP contribution in [0.25, 0.3) is 11.2 Å². The Bertz CT molecular complexity index is 957. The zero-order chi connectivity index (χ0) is 29.5. The van der Waals surface area contributed by atoms with E-state index in [0.717, 1.165) is 13.0 Å². The first-order valence-corrected chi connectivity index (χ1v) is 16.6. The summed E-state index contributed by atoms with van der Waals surface area (Å²) in [5.41, 5.74) is 6.23. The van der Waals surface area contributed by atoms with Gasteiger partial charge in [0.2, 0.25) is 5.95 Å². The summed E-state index contributed by atoms with van der Waals surface area (Å²) in [7, 11) is 0. The van der Waals surface area contributed by atoms with E-state index in [1.54, 1.807) is 6.33 Å².